The molecule has 2 atom stereocenters. The lowest BCUT2D eigenvalue weighted by Gasteiger charge is -2.38. The van der Waals surface area contributed by atoms with Crippen molar-refractivity contribution in [2.45, 2.75) is 19.3 Å². The van der Waals surface area contributed by atoms with Crippen molar-refractivity contribution in [2.75, 3.05) is 40.3 Å². The summed E-state index contributed by atoms with van der Waals surface area (Å²) in [5, 5.41) is 9.48. The fraction of sp³-hybridized carbons (Fsp3) is 0.611. The van der Waals surface area contributed by atoms with Gasteiger partial charge in [-0.2, -0.15) is 0 Å². The SMILES string of the molecule is CN(C)C[C@@H]1C[C@@H](CO)CN(C(=O)CCc2ccc(F)cc2F)C1. The quantitative estimate of drug-likeness (QED) is 0.860. The van der Waals surface area contributed by atoms with Crippen LogP contribution in [0.2, 0.25) is 0 Å². The van der Waals surface area contributed by atoms with Gasteiger partial charge in [0.25, 0.3) is 0 Å². The highest BCUT2D eigenvalue weighted by atomic mass is 19.1. The summed E-state index contributed by atoms with van der Waals surface area (Å²) in [6, 6.07) is 3.44. The van der Waals surface area contributed by atoms with Gasteiger partial charge >= 0.3 is 0 Å². The zero-order valence-electron chi connectivity index (χ0n) is 14.3. The van der Waals surface area contributed by atoms with Crippen molar-refractivity contribution >= 4 is 5.91 Å². The van der Waals surface area contributed by atoms with Crippen molar-refractivity contribution in [1.29, 1.82) is 0 Å². The molecule has 1 amide bonds. The average Bonchev–Trinajstić information content (AvgIpc) is 2.52. The predicted molar refractivity (Wildman–Crippen MR) is 88.5 cm³/mol. The Hall–Kier alpha value is -1.53. The summed E-state index contributed by atoms with van der Waals surface area (Å²) in [7, 11) is 3.98. The van der Waals surface area contributed by atoms with E-state index in [2.05, 4.69) is 4.90 Å². The molecule has 0 unspecified atom stereocenters. The zero-order valence-corrected chi connectivity index (χ0v) is 14.3. The number of hydrogen-bond acceptors (Lipinski definition) is 3. The second-order valence-corrected chi connectivity index (χ2v) is 6.95. The molecule has 1 aromatic rings. The number of halogens is 2. The van der Waals surface area contributed by atoms with Crippen LogP contribution < -0.4 is 0 Å². The lowest BCUT2D eigenvalue weighted by molar-refractivity contribution is -0.134. The van der Waals surface area contributed by atoms with Gasteiger partial charge in [-0.25, -0.2) is 8.78 Å². The van der Waals surface area contributed by atoms with Gasteiger partial charge < -0.3 is 14.9 Å². The van der Waals surface area contributed by atoms with E-state index in [1.165, 1.54) is 12.1 Å². The fourth-order valence-corrected chi connectivity index (χ4v) is 3.43. The molecular formula is C18H26F2N2O2. The molecule has 0 radical (unpaired) electrons. The number of piperidine rings is 1. The number of aryl methyl sites for hydroxylation is 1. The first-order chi connectivity index (χ1) is 11.4. The molecule has 1 aliphatic rings. The van der Waals surface area contributed by atoms with E-state index >= 15 is 0 Å². The molecule has 1 aromatic carbocycles. The summed E-state index contributed by atoms with van der Waals surface area (Å²) in [4.78, 5) is 16.3. The summed E-state index contributed by atoms with van der Waals surface area (Å²) in [5.74, 6) is -0.843. The molecule has 0 aliphatic carbocycles. The molecule has 4 nitrogen and oxygen atoms in total. The third-order valence-corrected chi connectivity index (χ3v) is 4.48. The minimum Gasteiger partial charge on any atom is -0.396 e. The van der Waals surface area contributed by atoms with Gasteiger partial charge in [0.15, 0.2) is 0 Å². The number of rotatable bonds is 6. The minimum absolute atomic E-state index is 0.0411. The molecule has 6 heteroatoms. The van der Waals surface area contributed by atoms with Crippen LogP contribution in [0.4, 0.5) is 8.78 Å². The number of amides is 1. The Balaban J connectivity index is 1.94. The van der Waals surface area contributed by atoms with Crippen LogP contribution in [0.3, 0.4) is 0 Å². The van der Waals surface area contributed by atoms with Gasteiger partial charge in [0, 0.05) is 38.7 Å². The lowest BCUT2D eigenvalue weighted by atomic mass is 9.89. The largest absolute Gasteiger partial charge is 0.396 e. The van der Waals surface area contributed by atoms with Gasteiger partial charge in [0.2, 0.25) is 5.91 Å². The Labute approximate surface area is 142 Å². The molecule has 0 bridgehead atoms. The van der Waals surface area contributed by atoms with Crippen molar-refractivity contribution in [3.05, 3.63) is 35.4 Å². The maximum Gasteiger partial charge on any atom is 0.222 e. The smallest absolute Gasteiger partial charge is 0.222 e. The van der Waals surface area contributed by atoms with Crippen LogP contribution in [0, 0.1) is 23.5 Å². The van der Waals surface area contributed by atoms with Gasteiger partial charge in [0.05, 0.1) is 0 Å². The topological polar surface area (TPSA) is 43.8 Å². The van der Waals surface area contributed by atoms with Gasteiger partial charge in [-0.3, -0.25) is 4.79 Å². The van der Waals surface area contributed by atoms with E-state index in [9.17, 15) is 18.7 Å². The molecular weight excluding hydrogens is 314 g/mol. The van der Waals surface area contributed by atoms with E-state index in [0.29, 0.717) is 24.6 Å². The minimum atomic E-state index is -0.615. The maximum atomic E-state index is 13.7. The number of likely N-dealkylation sites (tertiary alicyclic amines) is 1. The Kier molecular flexibility index (Phi) is 6.69. The Morgan fingerprint density at radius 3 is 2.62 bits per heavy atom. The summed E-state index contributed by atoms with van der Waals surface area (Å²) < 4.78 is 26.6. The van der Waals surface area contributed by atoms with E-state index in [1.54, 1.807) is 4.90 Å². The molecule has 1 N–H and O–H groups in total. The molecule has 2 rings (SSSR count). The molecule has 1 heterocycles. The monoisotopic (exact) mass is 340 g/mol. The number of benzene rings is 1. The number of aliphatic hydroxyl groups excluding tert-OH is 1. The third-order valence-electron chi connectivity index (χ3n) is 4.48. The molecule has 1 fully saturated rings. The van der Waals surface area contributed by atoms with Gasteiger partial charge in [-0.05, 0) is 50.4 Å². The van der Waals surface area contributed by atoms with Crippen molar-refractivity contribution in [3.63, 3.8) is 0 Å². The second kappa shape index (κ2) is 8.53. The summed E-state index contributed by atoms with van der Waals surface area (Å²) in [5.41, 5.74) is 0.352. The summed E-state index contributed by atoms with van der Waals surface area (Å²) in [6.07, 6.45) is 1.35. The van der Waals surface area contributed by atoms with Gasteiger partial charge in [0.1, 0.15) is 11.6 Å². The number of nitrogens with zero attached hydrogens (tertiary/aromatic N) is 2. The van der Waals surface area contributed by atoms with Crippen LogP contribution >= 0.6 is 0 Å². The van der Waals surface area contributed by atoms with Crippen LogP contribution in [-0.4, -0.2) is 61.2 Å². The Morgan fingerprint density at radius 2 is 2.00 bits per heavy atom. The van der Waals surface area contributed by atoms with Gasteiger partial charge in [-0.15, -0.1) is 0 Å². The van der Waals surface area contributed by atoms with Crippen LogP contribution in [0.15, 0.2) is 18.2 Å². The van der Waals surface area contributed by atoms with Crippen molar-refractivity contribution in [1.82, 2.24) is 9.80 Å². The van der Waals surface area contributed by atoms with Crippen LogP contribution in [0.1, 0.15) is 18.4 Å². The molecule has 134 valence electrons. The number of hydrogen-bond donors (Lipinski definition) is 1. The third kappa shape index (κ3) is 5.24. The molecule has 1 saturated heterocycles. The van der Waals surface area contributed by atoms with E-state index in [4.69, 9.17) is 0 Å². The van der Waals surface area contributed by atoms with E-state index in [0.717, 1.165) is 19.0 Å². The molecule has 0 aromatic heterocycles. The Bertz CT molecular complexity index is 566. The van der Waals surface area contributed by atoms with Crippen molar-refractivity contribution < 1.29 is 18.7 Å². The van der Waals surface area contributed by atoms with Crippen molar-refractivity contribution in [2.24, 2.45) is 11.8 Å². The normalized spacial score (nSPS) is 21.3. The first kappa shape index (κ1) is 18.8. The van der Waals surface area contributed by atoms with E-state index < -0.39 is 11.6 Å². The van der Waals surface area contributed by atoms with Crippen LogP contribution in [0.5, 0.6) is 0 Å². The average molecular weight is 340 g/mol. The predicted octanol–water partition coefficient (Wildman–Crippen LogP) is 1.92. The molecule has 24 heavy (non-hydrogen) atoms. The van der Waals surface area contributed by atoms with Crippen LogP contribution in [0.25, 0.3) is 0 Å². The molecule has 1 aliphatic heterocycles. The summed E-state index contributed by atoms with van der Waals surface area (Å²) in [6.45, 7) is 2.15. The first-order valence-corrected chi connectivity index (χ1v) is 8.36. The van der Waals surface area contributed by atoms with Gasteiger partial charge in [-0.1, -0.05) is 6.07 Å². The highest BCUT2D eigenvalue weighted by molar-refractivity contribution is 5.76. The standard InChI is InChI=1S/C18H26F2N2O2/c1-21(2)9-13-7-14(12-23)11-22(10-13)18(24)6-4-15-3-5-16(19)8-17(15)20/h3,5,8,13-14,23H,4,6-7,9-12H2,1-2H3/t13-,14+/m0/s1. The van der Waals surface area contributed by atoms with E-state index in [1.807, 2.05) is 14.1 Å². The zero-order chi connectivity index (χ0) is 17.7. The number of carbonyl (C=O) groups is 1. The molecule has 0 spiro atoms. The van der Waals surface area contributed by atoms with Crippen molar-refractivity contribution in [3.8, 4) is 0 Å². The van der Waals surface area contributed by atoms with Crippen LogP contribution in [-0.2, 0) is 11.2 Å². The molecule has 0 saturated carbocycles. The number of carbonyl (C=O) groups excluding carboxylic acids is 1. The second-order valence-electron chi connectivity index (χ2n) is 6.95. The first-order valence-electron chi connectivity index (χ1n) is 8.36. The maximum absolute atomic E-state index is 13.7. The van der Waals surface area contributed by atoms with E-state index in [-0.39, 0.29) is 31.3 Å². The highest BCUT2D eigenvalue weighted by Crippen LogP contribution is 2.23. The highest BCUT2D eigenvalue weighted by Gasteiger charge is 2.29. The Morgan fingerprint density at radius 1 is 1.29 bits per heavy atom. The lowest BCUT2D eigenvalue weighted by Crippen LogP contribution is -2.47. The number of aliphatic hydroxyl groups is 1. The summed E-state index contributed by atoms with van der Waals surface area (Å²) >= 11 is 0. The fourth-order valence-electron chi connectivity index (χ4n) is 3.43.